The van der Waals surface area contributed by atoms with Crippen LogP contribution in [0.15, 0.2) is 63.2 Å². The van der Waals surface area contributed by atoms with Crippen LogP contribution in [0.5, 0.6) is 0 Å². The average Bonchev–Trinajstić information content (AvgIpc) is 3.21. The van der Waals surface area contributed by atoms with Crippen molar-refractivity contribution in [2.75, 3.05) is 10.5 Å². The minimum atomic E-state index is -3.66. The second-order valence-electron chi connectivity index (χ2n) is 5.49. The predicted octanol–water partition coefficient (Wildman–Crippen LogP) is 4.59. The Kier molecular flexibility index (Phi) is 4.10. The highest BCUT2D eigenvalue weighted by atomic mass is 35.5. The highest BCUT2D eigenvalue weighted by Crippen LogP contribution is 2.29. The van der Waals surface area contributed by atoms with E-state index in [0.717, 1.165) is 16.9 Å². The molecule has 132 valence electrons. The summed E-state index contributed by atoms with van der Waals surface area (Å²) >= 11 is 6.80. The zero-order valence-electron chi connectivity index (χ0n) is 13.1. The molecule has 0 amide bonds. The van der Waals surface area contributed by atoms with Gasteiger partial charge in [-0.2, -0.15) is 0 Å². The molecule has 0 aliphatic carbocycles. The molecule has 3 N–H and O–H groups in total. The highest BCUT2D eigenvalue weighted by molar-refractivity contribution is 7.94. The van der Waals surface area contributed by atoms with Crippen molar-refractivity contribution in [2.24, 2.45) is 0 Å². The normalized spacial score (nSPS) is 11.7. The number of nitrogens with zero attached hydrogens (tertiary/aromatic N) is 1. The first-order valence-corrected chi connectivity index (χ1v) is 10.1. The van der Waals surface area contributed by atoms with E-state index in [1.807, 2.05) is 0 Å². The highest BCUT2D eigenvalue weighted by Gasteiger charge is 2.17. The summed E-state index contributed by atoms with van der Waals surface area (Å²) in [4.78, 5) is 4.40. The molecule has 0 atom stereocenters. The molecule has 2 aromatic carbocycles. The van der Waals surface area contributed by atoms with E-state index in [0.29, 0.717) is 32.7 Å². The van der Waals surface area contributed by atoms with Crippen molar-refractivity contribution in [3.05, 3.63) is 58.9 Å². The molecule has 9 heteroatoms. The van der Waals surface area contributed by atoms with E-state index in [9.17, 15) is 8.42 Å². The van der Waals surface area contributed by atoms with Gasteiger partial charge in [-0.05, 0) is 54.6 Å². The van der Waals surface area contributed by atoms with Crippen molar-refractivity contribution in [3.8, 4) is 11.5 Å². The van der Waals surface area contributed by atoms with Crippen LogP contribution in [0.25, 0.3) is 22.6 Å². The fourth-order valence-electron chi connectivity index (χ4n) is 2.40. The van der Waals surface area contributed by atoms with Gasteiger partial charge in [0.1, 0.15) is 9.73 Å². The maximum absolute atomic E-state index is 12.3. The maximum atomic E-state index is 12.3. The molecule has 4 rings (SSSR count). The lowest BCUT2D eigenvalue weighted by molar-refractivity contribution is 0.603. The first-order chi connectivity index (χ1) is 12.4. The quantitative estimate of drug-likeness (QED) is 0.484. The lowest BCUT2D eigenvalue weighted by Crippen LogP contribution is -2.11. The number of nitrogen functional groups attached to an aromatic ring is 1. The minimum Gasteiger partial charge on any atom is -0.436 e. The monoisotopic (exact) mass is 405 g/mol. The SMILES string of the molecule is Nc1ccc2oc(-c3ccc(NS(=O)(=O)c4ccc(Cl)s4)cc3)nc2c1. The standard InChI is InChI=1S/C17H12ClN3O3S2/c18-15-7-8-16(25-15)26(22,23)21-12-4-1-10(2-5-12)17-20-13-9-11(19)3-6-14(13)24-17/h1-9,21H,19H2. The Balaban J connectivity index is 1.60. The lowest BCUT2D eigenvalue weighted by Gasteiger charge is -2.06. The topological polar surface area (TPSA) is 98.2 Å². The Morgan fingerprint density at radius 3 is 2.54 bits per heavy atom. The Morgan fingerprint density at radius 2 is 1.85 bits per heavy atom. The van der Waals surface area contributed by atoms with Gasteiger partial charge >= 0.3 is 0 Å². The number of fused-ring (bicyclic) bond motifs is 1. The third-order valence-corrected chi connectivity index (χ3v) is 6.71. The number of sulfonamides is 1. The van der Waals surface area contributed by atoms with Gasteiger partial charge in [0, 0.05) is 16.9 Å². The van der Waals surface area contributed by atoms with Crippen molar-refractivity contribution >= 4 is 55.4 Å². The number of hydrogen-bond acceptors (Lipinski definition) is 6. The van der Waals surface area contributed by atoms with Crippen LogP contribution in [0.3, 0.4) is 0 Å². The third kappa shape index (κ3) is 3.26. The summed E-state index contributed by atoms with van der Waals surface area (Å²) in [6.45, 7) is 0. The van der Waals surface area contributed by atoms with Crippen molar-refractivity contribution in [3.63, 3.8) is 0 Å². The van der Waals surface area contributed by atoms with Crippen LogP contribution in [0, 0.1) is 0 Å². The van der Waals surface area contributed by atoms with Crippen LogP contribution in [0.2, 0.25) is 4.34 Å². The van der Waals surface area contributed by atoms with E-state index in [1.54, 1.807) is 48.5 Å². The summed E-state index contributed by atoms with van der Waals surface area (Å²) in [7, 11) is -3.66. The molecule has 0 saturated heterocycles. The first kappa shape index (κ1) is 16.9. The molecule has 2 aromatic heterocycles. The van der Waals surface area contributed by atoms with E-state index < -0.39 is 10.0 Å². The number of hydrogen-bond donors (Lipinski definition) is 2. The number of anilines is 2. The molecular weight excluding hydrogens is 394 g/mol. The van der Waals surface area contributed by atoms with Crippen LogP contribution in [-0.2, 0) is 10.0 Å². The largest absolute Gasteiger partial charge is 0.436 e. The molecule has 2 heterocycles. The van der Waals surface area contributed by atoms with Gasteiger partial charge in [0.05, 0.1) is 4.34 Å². The van der Waals surface area contributed by atoms with Crippen LogP contribution >= 0.6 is 22.9 Å². The van der Waals surface area contributed by atoms with Gasteiger partial charge in [0.15, 0.2) is 5.58 Å². The van der Waals surface area contributed by atoms with Crippen LogP contribution < -0.4 is 10.5 Å². The Labute approximate surface area is 158 Å². The second kappa shape index (κ2) is 6.31. The Hall–Kier alpha value is -2.55. The zero-order valence-corrected chi connectivity index (χ0v) is 15.5. The van der Waals surface area contributed by atoms with Gasteiger partial charge in [-0.3, -0.25) is 4.72 Å². The van der Waals surface area contributed by atoms with E-state index in [-0.39, 0.29) is 4.21 Å². The van der Waals surface area contributed by atoms with Gasteiger partial charge < -0.3 is 10.2 Å². The van der Waals surface area contributed by atoms with Gasteiger partial charge in [-0.25, -0.2) is 13.4 Å². The van der Waals surface area contributed by atoms with E-state index in [2.05, 4.69) is 9.71 Å². The number of oxazole rings is 1. The van der Waals surface area contributed by atoms with Crippen LogP contribution in [0.1, 0.15) is 0 Å². The molecule has 0 saturated carbocycles. The van der Waals surface area contributed by atoms with Crippen LogP contribution in [0.4, 0.5) is 11.4 Å². The van der Waals surface area contributed by atoms with Crippen molar-refractivity contribution in [1.29, 1.82) is 0 Å². The summed E-state index contributed by atoms with van der Waals surface area (Å²) in [5.41, 5.74) is 8.81. The van der Waals surface area contributed by atoms with Gasteiger partial charge in [0.2, 0.25) is 5.89 Å². The van der Waals surface area contributed by atoms with Crippen LogP contribution in [-0.4, -0.2) is 13.4 Å². The van der Waals surface area contributed by atoms with Crippen molar-refractivity contribution < 1.29 is 12.8 Å². The van der Waals surface area contributed by atoms with Gasteiger partial charge in [-0.15, -0.1) is 11.3 Å². The first-order valence-electron chi connectivity index (χ1n) is 7.45. The number of rotatable bonds is 4. The number of nitrogens with one attached hydrogen (secondary N) is 1. The molecule has 0 fully saturated rings. The number of nitrogens with two attached hydrogens (primary N) is 1. The molecule has 4 aromatic rings. The summed E-state index contributed by atoms with van der Waals surface area (Å²) in [6.07, 6.45) is 0. The van der Waals surface area contributed by atoms with Crippen molar-refractivity contribution in [2.45, 2.75) is 4.21 Å². The molecule has 0 aliphatic rings. The Bertz CT molecular complexity index is 1200. The zero-order chi connectivity index (χ0) is 18.3. The van der Waals surface area contributed by atoms with Gasteiger partial charge in [0.25, 0.3) is 10.0 Å². The Morgan fingerprint density at radius 1 is 1.08 bits per heavy atom. The number of thiophene rings is 1. The van der Waals surface area contributed by atoms with E-state index in [1.165, 1.54) is 6.07 Å². The molecule has 0 unspecified atom stereocenters. The second-order valence-corrected chi connectivity index (χ2v) is 9.11. The molecule has 0 radical (unpaired) electrons. The fraction of sp³-hybridized carbons (Fsp3) is 0. The lowest BCUT2D eigenvalue weighted by atomic mass is 10.2. The summed E-state index contributed by atoms with van der Waals surface area (Å²) < 4.78 is 33.4. The summed E-state index contributed by atoms with van der Waals surface area (Å²) in [5, 5.41) is 0. The number of halogens is 1. The van der Waals surface area contributed by atoms with Crippen molar-refractivity contribution in [1.82, 2.24) is 4.98 Å². The average molecular weight is 406 g/mol. The maximum Gasteiger partial charge on any atom is 0.271 e. The van der Waals surface area contributed by atoms with E-state index in [4.69, 9.17) is 21.8 Å². The molecule has 0 aliphatic heterocycles. The smallest absolute Gasteiger partial charge is 0.271 e. The number of aromatic nitrogens is 1. The molecule has 0 spiro atoms. The summed E-state index contributed by atoms with van der Waals surface area (Å²) in [5.74, 6) is 0.435. The fourth-order valence-corrected chi connectivity index (χ4v) is 4.94. The predicted molar refractivity (Wildman–Crippen MR) is 104 cm³/mol. The summed E-state index contributed by atoms with van der Waals surface area (Å²) in [6, 6.07) is 15.0. The molecule has 0 bridgehead atoms. The number of benzene rings is 2. The van der Waals surface area contributed by atoms with E-state index >= 15 is 0 Å². The van der Waals surface area contributed by atoms with Gasteiger partial charge in [-0.1, -0.05) is 11.6 Å². The molecule has 6 nitrogen and oxygen atoms in total. The third-order valence-electron chi connectivity index (χ3n) is 3.61. The molecular formula is C17H12ClN3O3S2. The minimum absolute atomic E-state index is 0.156. The molecule has 26 heavy (non-hydrogen) atoms.